The third-order valence-corrected chi connectivity index (χ3v) is 2.79. The highest BCUT2D eigenvalue weighted by atomic mass is 35.5. The summed E-state index contributed by atoms with van der Waals surface area (Å²) in [4.78, 5) is 25.8. The molecule has 1 heterocycles. The first-order valence-corrected chi connectivity index (χ1v) is 6.05. The molecule has 0 aliphatic carbocycles. The van der Waals surface area contributed by atoms with Crippen molar-refractivity contribution in [3.8, 4) is 0 Å². The van der Waals surface area contributed by atoms with E-state index in [2.05, 4.69) is 20.5 Å². The molecule has 1 aromatic carbocycles. The second kappa shape index (κ2) is 5.66. The molecule has 0 aliphatic heterocycles. The maximum atomic E-state index is 11.9. The molecule has 0 fully saturated rings. The number of nitrogens with one attached hydrogen (secondary N) is 2. The number of H-pyrrole nitrogens is 1. The van der Waals surface area contributed by atoms with Crippen LogP contribution in [-0.2, 0) is 6.42 Å². The van der Waals surface area contributed by atoms with Crippen LogP contribution in [0.3, 0.4) is 0 Å². The van der Waals surface area contributed by atoms with E-state index in [0.29, 0.717) is 12.2 Å². The van der Waals surface area contributed by atoms with Crippen LogP contribution in [0.5, 0.6) is 0 Å². The number of hydrogen-bond acceptors (Lipinski definition) is 5. The second-order valence-electron chi connectivity index (χ2n) is 3.83. The Labute approximate surface area is 118 Å². The number of hydrogen-bond donors (Lipinski definition) is 2. The van der Waals surface area contributed by atoms with Crippen LogP contribution in [-0.4, -0.2) is 26.0 Å². The van der Waals surface area contributed by atoms with Gasteiger partial charge in [0, 0.05) is 18.6 Å². The Hall–Kier alpha value is -2.48. The number of aromatic nitrogens is 3. The minimum absolute atomic E-state index is 0.0173. The molecule has 104 valence electrons. The first-order valence-electron chi connectivity index (χ1n) is 5.67. The number of rotatable bonds is 4. The van der Waals surface area contributed by atoms with Crippen molar-refractivity contribution in [2.75, 3.05) is 5.32 Å². The molecule has 0 spiro atoms. The van der Waals surface area contributed by atoms with E-state index in [4.69, 9.17) is 11.6 Å². The molecule has 0 radical (unpaired) electrons. The van der Waals surface area contributed by atoms with Gasteiger partial charge < -0.3 is 5.32 Å². The van der Waals surface area contributed by atoms with Gasteiger partial charge in [-0.1, -0.05) is 18.5 Å². The number of carbonyl (C=O) groups excluding carboxylic acids is 1. The molecule has 1 aromatic heterocycles. The van der Waals surface area contributed by atoms with Crippen molar-refractivity contribution in [2.45, 2.75) is 13.3 Å². The van der Waals surface area contributed by atoms with Crippen molar-refractivity contribution in [1.29, 1.82) is 0 Å². The van der Waals surface area contributed by atoms with Gasteiger partial charge in [0.15, 0.2) is 0 Å². The van der Waals surface area contributed by atoms with E-state index in [1.165, 1.54) is 12.1 Å². The number of aryl methyl sites for hydroxylation is 1. The number of nitro groups is 1. The molecule has 0 bridgehead atoms. The van der Waals surface area contributed by atoms with Crippen LogP contribution in [0.15, 0.2) is 18.2 Å². The summed E-state index contributed by atoms with van der Waals surface area (Å²) in [5.41, 5.74) is 0.101. The lowest BCUT2D eigenvalue weighted by molar-refractivity contribution is -0.384. The SMILES string of the molecule is CCc1nc(C(=O)Nc2ccc([N+](=O)[O-])cc2Cl)n[nH]1. The van der Waals surface area contributed by atoms with Gasteiger partial charge >= 0.3 is 0 Å². The largest absolute Gasteiger partial charge is 0.318 e. The topological polar surface area (TPSA) is 114 Å². The molecule has 0 unspecified atom stereocenters. The molecule has 8 nitrogen and oxygen atoms in total. The lowest BCUT2D eigenvalue weighted by Gasteiger charge is -2.04. The average molecular weight is 296 g/mol. The second-order valence-corrected chi connectivity index (χ2v) is 4.24. The van der Waals surface area contributed by atoms with E-state index in [9.17, 15) is 14.9 Å². The molecular weight excluding hydrogens is 286 g/mol. The van der Waals surface area contributed by atoms with E-state index in [1.54, 1.807) is 0 Å². The summed E-state index contributed by atoms with van der Waals surface area (Å²) in [5, 5.41) is 19.5. The molecule has 0 saturated carbocycles. The van der Waals surface area contributed by atoms with Gasteiger partial charge in [-0.2, -0.15) is 0 Å². The molecule has 0 aliphatic rings. The Balaban J connectivity index is 2.17. The lowest BCUT2D eigenvalue weighted by atomic mass is 10.3. The van der Waals surface area contributed by atoms with Crippen LogP contribution < -0.4 is 5.32 Å². The van der Waals surface area contributed by atoms with E-state index < -0.39 is 10.8 Å². The van der Waals surface area contributed by atoms with E-state index in [0.717, 1.165) is 6.07 Å². The van der Waals surface area contributed by atoms with Crippen LogP contribution in [0, 0.1) is 10.1 Å². The Bertz CT molecular complexity index is 670. The number of aromatic amines is 1. The maximum absolute atomic E-state index is 11.9. The van der Waals surface area contributed by atoms with Gasteiger partial charge in [-0.15, -0.1) is 5.10 Å². The lowest BCUT2D eigenvalue weighted by Crippen LogP contribution is -2.14. The third-order valence-electron chi connectivity index (χ3n) is 2.48. The molecule has 2 aromatic rings. The van der Waals surface area contributed by atoms with Crippen LogP contribution in [0.1, 0.15) is 23.4 Å². The molecule has 20 heavy (non-hydrogen) atoms. The number of halogens is 1. The van der Waals surface area contributed by atoms with Crippen LogP contribution in [0.4, 0.5) is 11.4 Å². The van der Waals surface area contributed by atoms with E-state index in [1.807, 2.05) is 6.92 Å². The predicted octanol–water partition coefficient (Wildman–Crippen LogP) is 2.18. The quantitative estimate of drug-likeness (QED) is 0.663. The Morgan fingerprint density at radius 2 is 2.30 bits per heavy atom. The minimum atomic E-state index is -0.569. The number of nitrogens with zero attached hydrogens (tertiary/aromatic N) is 3. The van der Waals surface area contributed by atoms with Crippen LogP contribution in [0.25, 0.3) is 0 Å². The molecule has 2 N–H and O–H groups in total. The fourth-order valence-corrected chi connectivity index (χ4v) is 1.67. The fraction of sp³-hybridized carbons (Fsp3) is 0.182. The molecular formula is C11H10ClN5O3. The predicted molar refractivity (Wildman–Crippen MR) is 71.8 cm³/mol. The number of nitro benzene ring substituents is 1. The van der Waals surface area contributed by atoms with E-state index >= 15 is 0 Å². The summed E-state index contributed by atoms with van der Waals surface area (Å²) in [6, 6.07) is 3.76. The highest BCUT2D eigenvalue weighted by Gasteiger charge is 2.15. The van der Waals surface area contributed by atoms with Crippen molar-refractivity contribution in [3.63, 3.8) is 0 Å². The first kappa shape index (κ1) is 13.9. The van der Waals surface area contributed by atoms with Crippen molar-refractivity contribution in [3.05, 3.63) is 45.0 Å². The third kappa shape index (κ3) is 2.91. The number of amides is 1. The number of non-ortho nitro benzene ring substituents is 1. The minimum Gasteiger partial charge on any atom is -0.318 e. The number of carbonyl (C=O) groups is 1. The smallest absolute Gasteiger partial charge is 0.295 e. The Morgan fingerprint density at radius 1 is 1.55 bits per heavy atom. The highest BCUT2D eigenvalue weighted by Crippen LogP contribution is 2.26. The summed E-state index contributed by atoms with van der Waals surface area (Å²) < 4.78 is 0. The zero-order valence-corrected chi connectivity index (χ0v) is 11.1. The Kier molecular flexibility index (Phi) is 3.94. The summed E-state index contributed by atoms with van der Waals surface area (Å²) >= 11 is 5.87. The van der Waals surface area contributed by atoms with E-state index in [-0.39, 0.29) is 22.2 Å². The van der Waals surface area contributed by atoms with Crippen molar-refractivity contribution >= 4 is 28.9 Å². The van der Waals surface area contributed by atoms with Gasteiger partial charge in [0.25, 0.3) is 11.6 Å². The summed E-state index contributed by atoms with van der Waals surface area (Å²) in [5.74, 6) is 0.0259. The van der Waals surface area contributed by atoms with Gasteiger partial charge in [0.1, 0.15) is 5.82 Å². The van der Waals surface area contributed by atoms with Gasteiger partial charge in [-0.3, -0.25) is 20.0 Å². The fourth-order valence-electron chi connectivity index (χ4n) is 1.45. The summed E-state index contributed by atoms with van der Waals surface area (Å²) in [7, 11) is 0. The van der Waals surface area contributed by atoms with Crippen molar-refractivity contribution in [2.24, 2.45) is 0 Å². The van der Waals surface area contributed by atoms with Gasteiger partial charge in [0.05, 0.1) is 15.6 Å². The van der Waals surface area contributed by atoms with Crippen LogP contribution in [0.2, 0.25) is 5.02 Å². The molecule has 9 heteroatoms. The Morgan fingerprint density at radius 3 is 2.85 bits per heavy atom. The first-order chi connectivity index (χ1) is 9.51. The monoisotopic (exact) mass is 295 g/mol. The number of anilines is 1. The summed E-state index contributed by atoms with van der Waals surface area (Å²) in [6.07, 6.45) is 0.624. The van der Waals surface area contributed by atoms with Crippen molar-refractivity contribution < 1.29 is 9.72 Å². The normalized spacial score (nSPS) is 10.3. The average Bonchev–Trinajstić information content (AvgIpc) is 2.89. The van der Waals surface area contributed by atoms with Gasteiger partial charge in [-0.05, 0) is 6.07 Å². The molecule has 0 saturated heterocycles. The standard InChI is InChI=1S/C11H10ClN5O3/c1-2-9-14-10(16-15-9)11(18)13-8-4-3-6(17(19)20)5-7(8)12/h3-5H,2H2,1H3,(H,13,18)(H,14,15,16). The molecule has 1 amide bonds. The zero-order valence-electron chi connectivity index (χ0n) is 10.4. The van der Waals surface area contributed by atoms with Gasteiger partial charge in [0.2, 0.25) is 5.82 Å². The number of benzene rings is 1. The zero-order chi connectivity index (χ0) is 14.7. The maximum Gasteiger partial charge on any atom is 0.295 e. The molecule has 2 rings (SSSR count). The summed E-state index contributed by atoms with van der Waals surface area (Å²) in [6.45, 7) is 1.87. The van der Waals surface area contributed by atoms with Gasteiger partial charge in [-0.25, -0.2) is 4.98 Å². The molecule has 0 atom stereocenters. The highest BCUT2D eigenvalue weighted by molar-refractivity contribution is 6.34. The van der Waals surface area contributed by atoms with Crippen molar-refractivity contribution in [1.82, 2.24) is 15.2 Å². The van der Waals surface area contributed by atoms with Crippen LogP contribution >= 0.6 is 11.6 Å².